The van der Waals surface area contributed by atoms with Crippen molar-refractivity contribution in [1.82, 2.24) is 25.1 Å². The summed E-state index contributed by atoms with van der Waals surface area (Å²) in [6.07, 6.45) is 3.79. The largest absolute Gasteiger partial charge is 0.420 e. The molecular formula is C34H36N6O4S. The lowest BCUT2D eigenvalue weighted by molar-refractivity contribution is -0.124. The smallest absolute Gasteiger partial charge is 0.253 e. The minimum absolute atomic E-state index is 0.0258. The van der Waals surface area contributed by atoms with E-state index in [2.05, 4.69) is 20.5 Å². The van der Waals surface area contributed by atoms with Crippen molar-refractivity contribution in [2.45, 2.75) is 59.3 Å². The number of nitrogens with zero attached hydrogens (tertiary/aromatic N) is 5. The molecule has 1 atom stereocenters. The van der Waals surface area contributed by atoms with Crippen molar-refractivity contribution in [2.24, 2.45) is 11.3 Å². The number of carbonyl (C=O) groups is 3. The Morgan fingerprint density at radius 2 is 1.67 bits per heavy atom. The number of hydrogen-bond donors (Lipinski definition) is 1. The number of rotatable bonds is 9. The Bertz CT molecular complexity index is 1780. The van der Waals surface area contributed by atoms with Gasteiger partial charge < -0.3 is 15.0 Å². The first kappa shape index (κ1) is 30.5. The molecule has 11 heteroatoms. The Morgan fingerprint density at radius 3 is 2.33 bits per heavy atom. The number of anilines is 1. The summed E-state index contributed by atoms with van der Waals surface area (Å²) >= 11 is 1.11. The lowest BCUT2D eigenvalue weighted by Crippen LogP contribution is -2.38. The highest BCUT2D eigenvalue weighted by molar-refractivity contribution is 7.17. The number of amides is 2. The normalized spacial score (nSPS) is 15.7. The van der Waals surface area contributed by atoms with Crippen LogP contribution in [0.1, 0.15) is 89.4 Å². The van der Waals surface area contributed by atoms with Crippen molar-refractivity contribution in [1.29, 1.82) is 0 Å². The summed E-state index contributed by atoms with van der Waals surface area (Å²) in [5, 5.41) is 11.7. The first-order chi connectivity index (χ1) is 21.5. The number of hydrogen-bond acceptors (Lipinski definition) is 9. The Balaban J connectivity index is 1.28. The van der Waals surface area contributed by atoms with Gasteiger partial charge in [-0.2, -0.15) is 0 Å². The highest BCUT2D eigenvalue weighted by atomic mass is 32.1. The monoisotopic (exact) mass is 624 g/mol. The lowest BCUT2D eigenvalue weighted by atomic mass is 9.70. The number of ether oxygens (including phenoxy) is 1. The van der Waals surface area contributed by atoms with Crippen LogP contribution in [0.5, 0.6) is 11.8 Å². The molecule has 4 aromatic rings. The van der Waals surface area contributed by atoms with Gasteiger partial charge in [0, 0.05) is 53.9 Å². The second-order valence-electron chi connectivity index (χ2n) is 12.4. The van der Waals surface area contributed by atoms with Crippen molar-refractivity contribution >= 4 is 34.1 Å². The second-order valence-corrected chi connectivity index (χ2v) is 13.4. The maximum atomic E-state index is 13.9. The van der Waals surface area contributed by atoms with Crippen molar-refractivity contribution in [3.63, 3.8) is 0 Å². The maximum Gasteiger partial charge on any atom is 0.253 e. The second kappa shape index (κ2) is 12.1. The zero-order chi connectivity index (χ0) is 31.9. The molecule has 0 saturated heterocycles. The van der Waals surface area contributed by atoms with Crippen LogP contribution in [0.4, 0.5) is 5.13 Å². The summed E-state index contributed by atoms with van der Waals surface area (Å²) in [7, 11) is 1.77. The summed E-state index contributed by atoms with van der Waals surface area (Å²) in [6.45, 7) is 8.17. The van der Waals surface area contributed by atoms with E-state index in [9.17, 15) is 14.4 Å². The van der Waals surface area contributed by atoms with Crippen LogP contribution in [0.2, 0.25) is 0 Å². The summed E-state index contributed by atoms with van der Waals surface area (Å²) in [5.74, 6) is 0.413. The average molecular weight is 625 g/mol. The Kier molecular flexibility index (Phi) is 8.22. The third-order valence-electron chi connectivity index (χ3n) is 8.87. The molecule has 0 unspecified atom stereocenters. The third-order valence-corrected chi connectivity index (χ3v) is 9.75. The van der Waals surface area contributed by atoms with Gasteiger partial charge in [0.25, 0.3) is 5.91 Å². The van der Waals surface area contributed by atoms with Crippen LogP contribution in [-0.4, -0.2) is 56.3 Å². The van der Waals surface area contributed by atoms with Crippen LogP contribution < -0.4 is 10.1 Å². The number of aromatic nitrogens is 4. The molecular weight excluding hydrogens is 588 g/mol. The molecule has 1 aromatic carbocycles. The van der Waals surface area contributed by atoms with E-state index in [0.29, 0.717) is 52.0 Å². The molecule has 6 rings (SSSR count). The van der Waals surface area contributed by atoms with Crippen LogP contribution in [0.3, 0.4) is 0 Å². The van der Waals surface area contributed by atoms with E-state index in [1.54, 1.807) is 24.1 Å². The van der Waals surface area contributed by atoms with Gasteiger partial charge >= 0.3 is 0 Å². The van der Waals surface area contributed by atoms with E-state index < -0.39 is 11.3 Å². The van der Waals surface area contributed by atoms with Crippen LogP contribution in [0.25, 0.3) is 11.3 Å². The van der Waals surface area contributed by atoms with Gasteiger partial charge in [0.05, 0.1) is 11.1 Å². The van der Waals surface area contributed by atoms with Crippen molar-refractivity contribution < 1.29 is 19.1 Å². The number of nitrogens with one attached hydrogen (secondary N) is 1. The zero-order valence-corrected chi connectivity index (χ0v) is 26.9. The number of carbonyl (C=O) groups excluding carboxylic acids is 3. The summed E-state index contributed by atoms with van der Waals surface area (Å²) in [6, 6.07) is 15.0. The highest BCUT2D eigenvalue weighted by Gasteiger charge is 2.45. The molecule has 45 heavy (non-hydrogen) atoms. The number of aryl methyl sites for hydroxylation is 1. The summed E-state index contributed by atoms with van der Waals surface area (Å²) < 4.78 is 6.25. The van der Waals surface area contributed by atoms with Gasteiger partial charge in [0.2, 0.25) is 22.8 Å². The van der Waals surface area contributed by atoms with Gasteiger partial charge in [-0.3, -0.25) is 14.4 Å². The van der Waals surface area contributed by atoms with E-state index in [1.807, 2.05) is 64.1 Å². The summed E-state index contributed by atoms with van der Waals surface area (Å²) in [5.41, 5.74) is 3.40. The van der Waals surface area contributed by atoms with Crippen LogP contribution in [0, 0.1) is 18.3 Å². The Morgan fingerprint density at radius 1 is 0.978 bits per heavy atom. The number of ketones is 1. The topological polar surface area (TPSA) is 127 Å². The van der Waals surface area contributed by atoms with Gasteiger partial charge in [-0.25, -0.2) is 9.97 Å². The van der Waals surface area contributed by atoms with Gasteiger partial charge in [-0.1, -0.05) is 55.9 Å². The molecule has 0 spiro atoms. The van der Waals surface area contributed by atoms with Gasteiger partial charge in [-0.05, 0) is 56.9 Å². The lowest BCUT2D eigenvalue weighted by Gasteiger charge is -2.37. The summed E-state index contributed by atoms with van der Waals surface area (Å²) in [4.78, 5) is 50.3. The van der Waals surface area contributed by atoms with E-state index in [0.717, 1.165) is 46.6 Å². The van der Waals surface area contributed by atoms with Gasteiger partial charge in [0.15, 0.2) is 10.8 Å². The fraction of sp³-hybridized carbons (Fsp3) is 0.382. The molecule has 10 nitrogen and oxygen atoms in total. The van der Waals surface area contributed by atoms with E-state index in [4.69, 9.17) is 9.72 Å². The van der Waals surface area contributed by atoms with E-state index in [1.165, 1.54) is 6.42 Å². The highest BCUT2D eigenvalue weighted by Crippen LogP contribution is 2.51. The molecule has 1 N–H and O–H groups in total. The van der Waals surface area contributed by atoms with E-state index >= 15 is 0 Å². The molecule has 2 amide bonds. The number of Topliss-reactive ketones (excluding diaryl/α,β-unsaturated/α-hetero) is 1. The van der Waals surface area contributed by atoms with Crippen LogP contribution in [0.15, 0.2) is 48.5 Å². The van der Waals surface area contributed by atoms with Gasteiger partial charge in [0.1, 0.15) is 0 Å². The molecule has 0 radical (unpaired) electrons. The van der Waals surface area contributed by atoms with Crippen LogP contribution in [-0.2, 0) is 4.79 Å². The molecule has 1 fully saturated rings. The molecule has 4 heterocycles. The molecule has 1 aliphatic heterocycles. The first-order valence-electron chi connectivity index (χ1n) is 15.3. The number of pyridine rings is 2. The zero-order valence-electron chi connectivity index (χ0n) is 26.1. The van der Waals surface area contributed by atoms with E-state index in [-0.39, 0.29) is 17.6 Å². The third kappa shape index (κ3) is 5.96. The number of benzene rings is 1. The molecule has 1 aliphatic carbocycles. The number of fused-ring (bicyclic) bond motifs is 2. The molecule has 232 valence electrons. The molecule has 1 saturated carbocycles. The van der Waals surface area contributed by atoms with Crippen molar-refractivity contribution in [3.8, 4) is 23.0 Å². The molecule has 3 aromatic heterocycles. The standard InChI is InChI=1S/C34H36N6O4S/c1-6-40(5)31(42)22-13-11-21(12-14-22)25-17-16-24-27(23-15-10-19(2)35-28(23)44-29(24)36-25)34(3,4)32(43)37-33-39-38-30(45-33)26(41)18-20-8-7-9-20/h10-17,20,27H,6-9,18H2,1-5H3,(H,37,39,43)/t27-/m0/s1. The fourth-order valence-corrected chi connectivity index (χ4v) is 6.45. The van der Waals surface area contributed by atoms with Crippen LogP contribution >= 0.6 is 11.3 Å². The predicted octanol–water partition coefficient (Wildman–Crippen LogP) is 6.67. The Hall–Kier alpha value is -4.51. The Labute approximate surface area is 266 Å². The first-order valence-corrected chi connectivity index (χ1v) is 16.1. The minimum atomic E-state index is -0.998. The fourth-order valence-electron chi connectivity index (χ4n) is 5.76. The SMILES string of the molecule is CCN(C)C(=O)c1ccc(-c2ccc3c(n2)Oc2nc(C)ccc2[C@@H]3C(C)(C)C(=O)Nc2nnc(C(=O)CC3CCC3)s2)cc1. The quantitative estimate of drug-likeness (QED) is 0.205. The molecule has 2 aliphatic rings. The minimum Gasteiger partial charge on any atom is -0.420 e. The van der Waals surface area contributed by atoms with Crippen molar-refractivity contribution in [3.05, 3.63) is 75.9 Å². The van der Waals surface area contributed by atoms with Gasteiger partial charge in [-0.15, -0.1) is 10.2 Å². The predicted molar refractivity (Wildman–Crippen MR) is 172 cm³/mol. The van der Waals surface area contributed by atoms with Crippen molar-refractivity contribution in [2.75, 3.05) is 18.9 Å². The molecule has 0 bridgehead atoms. The average Bonchev–Trinajstić information content (AvgIpc) is 3.49. The maximum absolute atomic E-state index is 13.9.